The third kappa shape index (κ3) is 3.30. The molecule has 2 N–H and O–H groups in total. The lowest BCUT2D eigenvalue weighted by Crippen LogP contribution is -2.27. The van der Waals surface area contributed by atoms with Crippen molar-refractivity contribution < 1.29 is 5.11 Å². The van der Waals surface area contributed by atoms with Crippen LogP contribution in [0.2, 0.25) is 0 Å². The number of aromatic nitrogens is 1. The van der Waals surface area contributed by atoms with Crippen LogP contribution in [0.15, 0.2) is 11.7 Å². The molecule has 0 aliphatic heterocycles. The molecular formula is C8H14N2OS. The van der Waals surface area contributed by atoms with Gasteiger partial charge in [0.15, 0.2) is 0 Å². The first-order chi connectivity index (χ1) is 5.83. The highest BCUT2D eigenvalue weighted by atomic mass is 32.1. The fraction of sp³-hybridized carbons (Fsp3) is 0.625. The molecular weight excluding hydrogens is 172 g/mol. The zero-order valence-corrected chi connectivity index (χ0v) is 7.97. The maximum Gasteiger partial charge on any atom is 0.0794 e. The molecule has 1 rings (SSSR count). The highest BCUT2D eigenvalue weighted by molar-refractivity contribution is 7.09. The molecule has 0 bridgehead atoms. The van der Waals surface area contributed by atoms with Crippen LogP contribution in [0.25, 0.3) is 0 Å². The summed E-state index contributed by atoms with van der Waals surface area (Å²) in [4.78, 5) is 5.08. The summed E-state index contributed by atoms with van der Waals surface area (Å²) >= 11 is 1.59. The first-order valence-electron chi connectivity index (χ1n) is 4.09. The first-order valence-corrected chi connectivity index (χ1v) is 4.97. The average molecular weight is 186 g/mol. The van der Waals surface area contributed by atoms with Gasteiger partial charge in [-0.1, -0.05) is 6.92 Å². The Labute approximate surface area is 76.5 Å². The van der Waals surface area contributed by atoms with Crippen molar-refractivity contribution in [1.82, 2.24) is 10.3 Å². The summed E-state index contributed by atoms with van der Waals surface area (Å²) in [7, 11) is 0. The van der Waals surface area contributed by atoms with Crippen LogP contribution in [0.4, 0.5) is 0 Å². The third-order valence-electron chi connectivity index (χ3n) is 1.55. The summed E-state index contributed by atoms with van der Waals surface area (Å²) in [6.07, 6.45) is 2.22. The molecule has 0 amide bonds. The van der Waals surface area contributed by atoms with Crippen molar-refractivity contribution in [3.63, 3.8) is 0 Å². The molecule has 1 aromatic heterocycles. The van der Waals surface area contributed by atoms with E-state index < -0.39 is 0 Å². The zero-order chi connectivity index (χ0) is 8.81. The normalized spacial score (nSPS) is 13.2. The Morgan fingerprint density at radius 3 is 3.17 bits per heavy atom. The molecule has 1 atom stereocenters. The van der Waals surface area contributed by atoms with E-state index in [1.807, 2.05) is 6.92 Å². The monoisotopic (exact) mass is 186 g/mol. The van der Waals surface area contributed by atoms with E-state index in [1.54, 1.807) is 23.0 Å². The lowest BCUT2D eigenvalue weighted by molar-refractivity contribution is 0.173. The van der Waals surface area contributed by atoms with Crippen LogP contribution in [0.3, 0.4) is 0 Å². The van der Waals surface area contributed by atoms with Gasteiger partial charge in [0.05, 0.1) is 11.6 Å². The quantitative estimate of drug-likeness (QED) is 0.710. The van der Waals surface area contributed by atoms with Gasteiger partial charge in [-0.25, -0.2) is 0 Å². The van der Waals surface area contributed by atoms with E-state index in [1.165, 1.54) is 0 Å². The van der Waals surface area contributed by atoms with E-state index in [-0.39, 0.29) is 6.10 Å². The SMILES string of the molecule is CCNCC(O)Cc1cncs1. The number of hydrogen-bond donors (Lipinski definition) is 2. The van der Waals surface area contributed by atoms with Crippen molar-refractivity contribution in [3.05, 3.63) is 16.6 Å². The molecule has 68 valence electrons. The number of rotatable bonds is 5. The van der Waals surface area contributed by atoms with Crippen LogP contribution in [-0.4, -0.2) is 29.3 Å². The maximum absolute atomic E-state index is 9.47. The Kier molecular flexibility index (Phi) is 4.21. The Morgan fingerprint density at radius 2 is 2.58 bits per heavy atom. The van der Waals surface area contributed by atoms with Crippen molar-refractivity contribution in [1.29, 1.82) is 0 Å². The lowest BCUT2D eigenvalue weighted by Gasteiger charge is -2.08. The van der Waals surface area contributed by atoms with Crippen LogP contribution in [0.5, 0.6) is 0 Å². The minimum Gasteiger partial charge on any atom is -0.391 e. The third-order valence-corrected chi connectivity index (χ3v) is 2.35. The second kappa shape index (κ2) is 5.24. The van der Waals surface area contributed by atoms with Gasteiger partial charge >= 0.3 is 0 Å². The number of likely N-dealkylation sites (N-methyl/N-ethyl adjacent to an activating group) is 1. The van der Waals surface area contributed by atoms with Gasteiger partial charge in [0.1, 0.15) is 0 Å². The van der Waals surface area contributed by atoms with E-state index in [2.05, 4.69) is 10.3 Å². The van der Waals surface area contributed by atoms with Gasteiger partial charge in [-0.05, 0) is 6.54 Å². The lowest BCUT2D eigenvalue weighted by atomic mass is 10.2. The molecule has 1 unspecified atom stereocenters. The van der Waals surface area contributed by atoms with Crippen LogP contribution in [-0.2, 0) is 6.42 Å². The van der Waals surface area contributed by atoms with Crippen molar-refractivity contribution in [2.45, 2.75) is 19.4 Å². The molecule has 0 aromatic carbocycles. The molecule has 1 heterocycles. The molecule has 0 saturated carbocycles. The van der Waals surface area contributed by atoms with Gasteiger partial charge in [-0.15, -0.1) is 11.3 Å². The standard InChI is InChI=1S/C8H14N2OS/c1-2-9-4-7(11)3-8-5-10-6-12-8/h5-7,9,11H,2-4H2,1H3. The predicted molar refractivity (Wildman–Crippen MR) is 50.4 cm³/mol. The topological polar surface area (TPSA) is 45.1 Å². The minimum atomic E-state index is -0.287. The van der Waals surface area contributed by atoms with Crippen molar-refractivity contribution in [2.24, 2.45) is 0 Å². The minimum absolute atomic E-state index is 0.287. The molecule has 0 saturated heterocycles. The Hall–Kier alpha value is -0.450. The van der Waals surface area contributed by atoms with Gasteiger partial charge in [-0.3, -0.25) is 4.98 Å². The number of aliphatic hydroxyl groups excluding tert-OH is 1. The summed E-state index contributed by atoms with van der Waals surface area (Å²) in [6.45, 7) is 3.59. The van der Waals surface area contributed by atoms with Crippen LogP contribution in [0, 0.1) is 0 Å². The van der Waals surface area contributed by atoms with Crippen LogP contribution < -0.4 is 5.32 Å². The van der Waals surface area contributed by atoms with E-state index >= 15 is 0 Å². The van der Waals surface area contributed by atoms with E-state index in [0.29, 0.717) is 13.0 Å². The summed E-state index contributed by atoms with van der Waals surface area (Å²) < 4.78 is 0. The Morgan fingerprint density at radius 1 is 1.75 bits per heavy atom. The Bertz CT molecular complexity index is 201. The van der Waals surface area contributed by atoms with Gasteiger partial charge in [0.2, 0.25) is 0 Å². The largest absolute Gasteiger partial charge is 0.391 e. The molecule has 0 aliphatic rings. The first kappa shape index (κ1) is 9.64. The molecule has 4 heteroatoms. The van der Waals surface area contributed by atoms with Crippen LogP contribution >= 0.6 is 11.3 Å². The number of nitrogens with one attached hydrogen (secondary N) is 1. The second-order valence-corrected chi connectivity index (χ2v) is 3.60. The van der Waals surface area contributed by atoms with Gasteiger partial charge in [-0.2, -0.15) is 0 Å². The average Bonchev–Trinajstić information content (AvgIpc) is 2.53. The fourth-order valence-corrected chi connectivity index (χ4v) is 1.63. The number of nitrogens with zero attached hydrogens (tertiary/aromatic N) is 1. The highest BCUT2D eigenvalue weighted by Gasteiger charge is 2.04. The molecule has 12 heavy (non-hydrogen) atoms. The number of aliphatic hydroxyl groups is 1. The van der Waals surface area contributed by atoms with Crippen LogP contribution in [0.1, 0.15) is 11.8 Å². The second-order valence-electron chi connectivity index (χ2n) is 2.63. The van der Waals surface area contributed by atoms with E-state index in [0.717, 1.165) is 11.4 Å². The summed E-state index contributed by atoms with van der Waals surface area (Å²) in [5.41, 5.74) is 1.79. The molecule has 0 aliphatic carbocycles. The fourth-order valence-electron chi connectivity index (χ4n) is 0.958. The highest BCUT2D eigenvalue weighted by Crippen LogP contribution is 2.07. The molecule has 0 fully saturated rings. The molecule has 0 spiro atoms. The number of hydrogen-bond acceptors (Lipinski definition) is 4. The van der Waals surface area contributed by atoms with Gasteiger partial charge in [0, 0.05) is 24.0 Å². The van der Waals surface area contributed by atoms with Gasteiger partial charge < -0.3 is 10.4 Å². The Balaban J connectivity index is 2.22. The molecule has 0 radical (unpaired) electrons. The molecule has 3 nitrogen and oxygen atoms in total. The van der Waals surface area contributed by atoms with E-state index in [4.69, 9.17) is 0 Å². The summed E-state index contributed by atoms with van der Waals surface area (Å²) in [5, 5.41) is 12.6. The van der Waals surface area contributed by atoms with Crippen molar-refractivity contribution in [3.8, 4) is 0 Å². The number of thiazole rings is 1. The smallest absolute Gasteiger partial charge is 0.0794 e. The van der Waals surface area contributed by atoms with Crippen molar-refractivity contribution in [2.75, 3.05) is 13.1 Å². The zero-order valence-electron chi connectivity index (χ0n) is 7.16. The van der Waals surface area contributed by atoms with Crippen molar-refractivity contribution >= 4 is 11.3 Å². The van der Waals surface area contributed by atoms with E-state index in [9.17, 15) is 5.11 Å². The molecule has 1 aromatic rings. The maximum atomic E-state index is 9.47. The van der Waals surface area contributed by atoms with Gasteiger partial charge in [0.25, 0.3) is 0 Å². The summed E-state index contributed by atoms with van der Waals surface area (Å²) in [6, 6.07) is 0. The predicted octanol–water partition coefficient (Wildman–Crippen LogP) is 0.656. The summed E-state index contributed by atoms with van der Waals surface area (Å²) in [5.74, 6) is 0.